The number of aromatic amines is 1. The van der Waals surface area contributed by atoms with Crippen molar-refractivity contribution in [3.63, 3.8) is 0 Å². The van der Waals surface area contributed by atoms with Crippen LogP contribution in [0.15, 0.2) is 49.1 Å². The van der Waals surface area contributed by atoms with Crippen LogP contribution in [0.4, 0.5) is 10.2 Å². The van der Waals surface area contributed by atoms with Gasteiger partial charge in [-0.2, -0.15) is 0 Å². The first-order chi connectivity index (χ1) is 15.9. The average Bonchev–Trinajstić information content (AvgIpc) is 3.37. The van der Waals surface area contributed by atoms with Gasteiger partial charge < -0.3 is 25.7 Å². The molecule has 2 aromatic carbocycles. The number of halogens is 2. The first-order valence-corrected chi connectivity index (χ1v) is 10.3. The Morgan fingerprint density at radius 2 is 2.09 bits per heavy atom. The predicted octanol–water partition coefficient (Wildman–Crippen LogP) is 3.37. The van der Waals surface area contributed by atoms with Gasteiger partial charge in [0.1, 0.15) is 29.0 Å². The van der Waals surface area contributed by atoms with Gasteiger partial charge in [0.2, 0.25) is 0 Å². The molecule has 3 aromatic heterocycles. The molecule has 5 aromatic rings. The maximum absolute atomic E-state index is 13.9. The van der Waals surface area contributed by atoms with Gasteiger partial charge in [0, 0.05) is 16.1 Å². The number of amides is 1. The number of phenols is 1. The molecular weight excluding hydrogens is 449 g/mol. The van der Waals surface area contributed by atoms with Gasteiger partial charge in [-0.1, -0.05) is 17.7 Å². The Kier molecular flexibility index (Phi) is 5.06. The van der Waals surface area contributed by atoms with Gasteiger partial charge in [-0.05, 0) is 35.9 Å². The Morgan fingerprint density at radius 1 is 1.24 bits per heavy atom. The lowest BCUT2D eigenvalue weighted by molar-refractivity contribution is 0.0943. The Balaban J connectivity index is 1.43. The molecule has 0 spiro atoms. The average molecular weight is 466 g/mol. The van der Waals surface area contributed by atoms with Gasteiger partial charge in [-0.15, -0.1) is 0 Å². The Bertz CT molecular complexity index is 1510. The molecule has 3 heterocycles. The number of anilines is 1. The summed E-state index contributed by atoms with van der Waals surface area (Å²) in [5.74, 6) is -1.64. The number of nitrogens with one attached hydrogen (secondary N) is 2. The van der Waals surface area contributed by atoms with Crippen LogP contribution in [0.5, 0.6) is 5.75 Å². The number of benzene rings is 2. The first kappa shape index (κ1) is 20.7. The van der Waals surface area contributed by atoms with Crippen LogP contribution in [0.2, 0.25) is 5.02 Å². The zero-order valence-corrected chi connectivity index (χ0v) is 17.8. The van der Waals surface area contributed by atoms with Crippen LogP contribution in [-0.4, -0.2) is 35.5 Å². The molecule has 0 bridgehead atoms. The number of hydrogen-bond donors (Lipinski definition) is 4. The molecule has 1 amide bonds. The summed E-state index contributed by atoms with van der Waals surface area (Å²) in [5, 5.41) is 13.8. The van der Waals surface area contributed by atoms with E-state index in [-0.39, 0.29) is 6.54 Å². The summed E-state index contributed by atoms with van der Waals surface area (Å²) in [5.41, 5.74) is 8.96. The summed E-state index contributed by atoms with van der Waals surface area (Å²) in [6.45, 7) is 0.509. The molecule has 0 radical (unpaired) electrons. The van der Waals surface area contributed by atoms with E-state index in [0.29, 0.717) is 34.2 Å². The zero-order valence-electron chi connectivity index (χ0n) is 17.0. The van der Waals surface area contributed by atoms with E-state index < -0.39 is 23.0 Å². The number of carbonyl (C=O) groups is 1. The molecule has 5 rings (SSSR count). The van der Waals surface area contributed by atoms with Crippen LogP contribution in [0.3, 0.4) is 0 Å². The fourth-order valence-electron chi connectivity index (χ4n) is 3.76. The van der Waals surface area contributed by atoms with Crippen molar-refractivity contribution in [1.82, 2.24) is 29.8 Å². The van der Waals surface area contributed by atoms with Crippen molar-refractivity contribution in [2.45, 2.75) is 13.1 Å². The lowest BCUT2D eigenvalue weighted by atomic mass is 10.1. The number of rotatable bonds is 5. The van der Waals surface area contributed by atoms with Gasteiger partial charge in [0.25, 0.3) is 5.91 Å². The smallest absolute Gasteiger partial charge is 0.258 e. The second-order valence-electron chi connectivity index (χ2n) is 7.44. The minimum absolute atomic E-state index is 0.0934. The second kappa shape index (κ2) is 8.06. The van der Waals surface area contributed by atoms with E-state index in [9.17, 15) is 14.3 Å². The number of fused-ring (bicyclic) bond motifs is 2. The van der Waals surface area contributed by atoms with E-state index in [1.807, 2.05) is 16.7 Å². The molecule has 166 valence electrons. The fourth-order valence-corrected chi connectivity index (χ4v) is 4.01. The van der Waals surface area contributed by atoms with E-state index in [2.05, 4.69) is 25.3 Å². The van der Waals surface area contributed by atoms with Gasteiger partial charge in [-0.25, -0.2) is 19.3 Å². The van der Waals surface area contributed by atoms with Crippen molar-refractivity contribution in [2.75, 3.05) is 5.73 Å². The molecule has 5 N–H and O–H groups in total. The molecule has 0 aliphatic carbocycles. The molecule has 0 unspecified atom stereocenters. The van der Waals surface area contributed by atoms with Crippen molar-refractivity contribution in [1.29, 1.82) is 0 Å². The highest BCUT2D eigenvalue weighted by atomic mass is 35.5. The van der Waals surface area contributed by atoms with Crippen LogP contribution < -0.4 is 11.1 Å². The van der Waals surface area contributed by atoms with Gasteiger partial charge >= 0.3 is 0 Å². The number of phenolic OH excluding ortho intramolecular Hbond substituents is 1. The summed E-state index contributed by atoms with van der Waals surface area (Å²) in [6, 6.07) is 9.18. The summed E-state index contributed by atoms with van der Waals surface area (Å²) < 4.78 is 15.8. The summed E-state index contributed by atoms with van der Waals surface area (Å²) in [6.07, 6.45) is 3.01. The monoisotopic (exact) mass is 465 g/mol. The maximum Gasteiger partial charge on any atom is 0.258 e. The number of aromatic hydroxyl groups is 1. The van der Waals surface area contributed by atoms with Crippen LogP contribution in [-0.2, 0) is 13.1 Å². The van der Waals surface area contributed by atoms with Crippen molar-refractivity contribution in [2.24, 2.45) is 0 Å². The summed E-state index contributed by atoms with van der Waals surface area (Å²) in [7, 11) is 0. The molecule has 9 nitrogen and oxygen atoms in total. The largest absolute Gasteiger partial charge is 0.507 e. The zero-order chi connectivity index (χ0) is 23.1. The number of aromatic nitrogens is 5. The standard InChI is InChI=1S/C22H17ClFN7O2/c23-13-4-11-6-14(7-26-22(33)17-15(24)2-1-3-16(17)32)30-18(11)12(5-13)8-31-10-29-19-20(25)27-9-28-21(19)31/h1-6,9-10,30,32H,7-8H2,(H,26,33)(H2,25,27,28). The molecule has 0 atom stereocenters. The van der Waals surface area contributed by atoms with E-state index in [1.165, 1.54) is 18.5 Å². The second-order valence-corrected chi connectivity index (χ2v) is 7.88. The number of nitrogens with two attached hydrogens (primary N) is 1. The molecule has 11 heteroatoms. The number of nitrogens with zero attached hydrogens (tertiary/aromatic N) is 4. The van der Waals surface area contributed by atoms with E-state index >= 15 is 0 Å². The molecule has 0 saturated heterocycles. The Labute approximate surface area is 191 Å². The van der Waals surface area contributed by atoms with Crippen LogP contribution >= 0.6 is 11.6 Å². The quantitative estimate of drug-likeness (QED) is 0.314. The van der Waals surface area contributed by atoms with E-state index in [0.717, 1.165) is 22.5 Å². The van der Waals surface area contributed by atoms with Crippen molar-refractivity contribution < 1.29 is 14.3 Å². The number of H-pyrrole nitrogens is 1. The van der Waals surface area contributed by atoms with Gasteiger partial charge in [-0.3, -0.25) is 4.79 Å². The molecule has 33 heavy (non-hydrogen) atoms. The predicted molar refractivity (Wildman–Crippen MR) is 121 cm³/mol. The fraction of sp³-hybridized carbons (Fsp3) is 0.0909. The third kappa shape index (κ3) is 3.80. The number of imidazole rings is 1. The molecule has 0 saturated carbocycles. The topological polar surface area (TPSA) is 135 Å². The van der Waals surface area contributed by atoms with Crippen LogP contribution in [0.1, 0.15) is 21.6 Å². The van der Waals surface area contributed by atoms with Crippen molar-refractivity contribution in [3.8, 4) is 5.75 Å². The van der Waals surface area contributed by atoms with Crippen molar-refractivity contribution >= 4 is 45.4 Å². The maximum atomic E-state index is 13.9. The van der Waals surface area contributed by atoms with Crippen molar-refractivity contribution in [3.05, 3.63) is 76.7 Å². The first-order valence-electron chi connectivity index (χ1n) is 9.87. The van der Waals surface area contributed by atoms with Crippen LogP contribution in [0, 0.1) is 5.82 Å². The summed E-state index contributed by atoms with van der Waals surface area (Å²) in [4.78, 5) is 28.2. The number of hydrogen-bond acceptors (Lipinski definition) is 6. The minimum Gasteiger partial charge on any atom is -0.507 e. The van der Waals surface area contributed by atoms with Gasteiger partial charge in [0.05, 0.1) is 24.9 Å². The highest BCUT2D eigenvalue weighted by Gasteiger charge is 2.17. The number of carbonyl (C=O) groups excluding carboxylic acids is 1. The lowest BCUT2D eigenvalue weighted by Gasteiger charge is -2.07. The molecular formula is C22H17ClFN7O2. The molecule has 0 fully saturated rings. The van der Waals surface area contributed by atoms with E-state index in [1.54, 1.807) is 12.4 Å². The Hall–Kier alpha value is -4.18. The third-order valence-corrected chi connectivity index (χ3v) is 5.48. The van der Waals surface area contributed by atoms with E-state index in [4.69, 9.17) is 17.3 Å². The SMILES string of the molecule is Nc1ncnc2c1ncn2Cc1cc(Cl)cc2cc(CNC(=O)c3c(O)cccc3F)[nH]c12. The number of nitrogen functional groups attached to an aromatic ring is 1. The summed E-state index contributed by atoms with van der Waals surface area (Å²) >= 11 is 6.34. The highest BCUT2D eigenvalue weighted by molar-refractivity contribution is 6.31. The lowest BCUT2D eigenvalue weighted by Crippen LogP contribution is -2.24. The van der Waals surface area contributed by atoms with Gasteiger partial charge in [0.15, 0.2) is 11.5 Å². The highest BCUT2D eigenvalue weighted by Crippen LogP contribution is 2.27. The minimum atomic E-state index is -0.796. The Morgan fingerprint density at radius 3 is 2.91 bits per heavy atom. The third-order valence-electron chi connectivity index (χ3n) is 5.26. The van der Waals surface area contributed by atoms with Crippen LogP contribution in [0.25, 0.3) is 22.1 Å². The molecule has 0 aliphatic rings. The normalized spacial score (nSPS) is 11.3. The molecule has 0 aliphatic heterocycles.